The number of nitrogens with one attached hydrogen (secondary N) is 2. The number of anilines is 1. The molecule has 0 spiro atoms. The predicted molar refractivity (Wildman–Crippen MR) is 95.8 cm³/mol. The van der Waals surface area contributed by atoms with E-state index in [2.05, 4.69) is 10.6 Å². The Morgan fingerprint density at radius 2 is 1.77 bits per heavy atom. The van der Waals surface area contributed by atoms with Crippen LogP contribution >= 0.6 is 0 Å². The van der Waals surface area contributed by atoms with Crippen LogP contribution in [0.25, 0.3) is 0 Å². The molecular weight excluding hydrogens is 334 g/mol. The van der Waals surface area contributed by atoms with Crippen molar-refractivity contribution in [3.8, 4) is 0 Å². The standard InChI is InChI=1S/C19H19N3O4/c23-17-10-16(12-22(17)11-13-4-2-1-3-5-13)21-19(26)20-15-8-6-14(7-9-15)18(24)25/h1-9,16H,10-12H2,(H,24,25)(H2,20,21,26). The predicted octanol–water partition coefficient (Wildman–Crippen LogP) is 2.31. The van der Waals surface area contributed by atoms with E-state index in [1.165, 1.54) is 24.3 Å². The third kappa shape index (κ3) is 4.38. The number of nitrogens with zero attached hydrogens (tertiary/aromatic N) is 1. The van der Waals surface area contributed by atoms with E-state index in [4.69, 9.17) is 5.11 Å². The maximum atomic E-state index is 12.1. The molecule has 0 saturated carbocycles. The maximum absolute atomic E-state index is 12.1. The van der Waals surface area contributed by atoms with Crippen molar-refractivity contribution in [2.24, 2.45) is 0 Å². The summed E-state index contributed by atoms with van der Waals surface area (Å²) in [7, 11) is 0. The average molecular weight is 353 g/mol. The number of benzene rings is 2. The largest absolute Gasteiger partial charge is 0.478 e. The molecule has 134 valence electrons. The highest BCUT2D eigenvalue weighted by Crippen LogP contribution is 2.15. The molecular formula is C19H19N3O4. The molecule has 26 heavy (non-hydrogen) atoms. The van der Waals surface area contributed by atoms with Gasteiger partial charge in [0, 0.05) is 25.2 Å². The first-order valence-corrected chi connectivity index (χ1v) is 8.24. The van der Waals surface area contributed by atoms with E-state index in [-0.39, 0.29) is 23.9 Å². The summed E-state index contributed by atoms with van der Waals surface area (Å²) >= 11 is 0. The smallest absolute Gasteiger partial charge is 0.335 e. The van der Waals surface area contributed by atoms with Gasteiger partial charge in [-0.1, -0.05) is 30.3 Å². The zero-order valence-corrected chi connectivity index (χ0v) is 14.0. The Bertz CT molecular complexity index is 805. The minimum atomic E-state index is -1.02. The minimum Gasteiger partial charge on any atom is -0.478 e. The second-order valence-electron chi connectivity index (χ2n) is 6.14. The van der Waals surface area contributed by atoms with E-state index in [9.17, 15) is 14.4 Å². The van der Waals surface area contributed by atoms with E-state index >= 15 is 0 Å². The van der Waals surface area contributed by atoms with Crippen LogP contribution in [0.2, 0.25) is 0 Å². The zero-order valence-electron chi connectivity index (χ0n) is 14.0. The van der Waals surface area contributed by atoms with Gasteiger partial charge in [-0.3, -0.25) is 4.79 Å². The molecule has 0 radical (unpaired) electrons. The van der Waals surface area contributed by atoms with Crippen LogP contribution in [-0.4, -0.2) is 40.5 Å². The van der Waals surface area contributed by atoms with Gasteiger partial charge in [0.15, 0.2) is 0 Å². The Labute approximate surface area is 150 Å². The lowest BCUT2D eigenvalue weighted by Gasteiger charge is -2.17. The molecule has 1 fully saturated rings. The van der Waals surface area contributed by atoms with E-state index in [1.807, 2.05) is 30.3 Å². The summed E-state index contributed by atoms with van der Waals surface area (Å²) < 4.78 is 0. The average Bonchev–Trinajstić information content (AvgIpc) is 2.95. The minimum absolute atomic E-state index is 0.00460. The van der Waals surface area contributed by atoms with Gasteiger partial charge in [0.05, 0.1) is 11.6 Å². The number of hydrogen-bond donors (Lipinski definition) is 3. The Hall–Kier alpha value is -3.35. The van der Waals surface area contributed by atoms with Gasteiger partial charge >= 0.3 is 12.0 Å². The number of urea groups is 1. The number of likely N-dealkylation sites (tertiary alicyclic amines) is 1. The first-order chi connectivity index (χ1) is 12.5. The van der Waals surface area contributed by atoms with E-state index in [0.717, 1.165) is 5.56 Å². The summed E-state index contributed by atoms with van der Waals surface area (Å²) in [6, 6.07) is 14.9. The molecule has 1 heterocycles. The van der Waals surface area contributed by atoms with Gasteiger partial charge < -0.3 is 20.6 Å². The van der Waals surface area contributed by atoms with Gasteiger partial charge in [0.2, 0.25) is 5.91 Å². The van der Waals surface area contributed by atoms with Crippen LogP contribution < -0.4 is 10.6 Å². The fourth-order valence-corrected chi connectivity index (χ4v) is 2.87. The fraction of sp³-hybridized carbons (Fsp3) is 0.211. The monoisotopic (exact) mass is 353 g/mol. The van der Waals surface area contributed by atoms with Gasteiger partial charge in [0.1, 0.15) is 0 Å². The second-order valence-corrected chi connectivity index (χ2v) is 6.14. The van der Waals surface area contributed by atoms with Crippen LogP contribution in [0, 0.1) is 0 Å². The summed E-state index contributed by atoms with van der Waals surface area (Å²) in [6.45, 7) is 0.981. The highest BCUT2D eigenvalue weighted by molar-refractivity contribution is 5.92. The first kappa shape index (κ1) is 17.5. The fourth-order valence-electron chi connectivity index (χ4n) is 2.87. The lowest BCUT2D eigenvalue weighted by Crippen LogP contribution is -2.39. The molecule has 3 N–H and O–H groups in total. The zero-order chi connectivity index (χ0) is 18.5. The third-order valence-corrected chi connectivity index (χ3v) is 4.16. The van der Waals surface area contributed by atoms with Gasteiger partial charge in [-0.2, -0.15) is 0 Å². The Balaban J connectivity index is 1.51. The summed E-state index contributed by atoms with van der Waals surface area (Å²) in [5.74, 6) is -1.02. The van der Waals surface area contributed by atoms with E-state index in [1.54, 1.807) is 4.90 Å². The molecule has 3 rings (SSSR count). The number of amides is 3. The van der Waals surface area contributed by atoms with E-state index in [0.29, 0.717) is 18.8 Å². The van der Waals surface area contributed by atoms with Gasteiger partial charge in [0.25, 0.3) is 0 Å². The van der Waals surface area contributed by atoms with Crippen molar-refractivity contribution in [2.45, 2.75) is 19.0 Å². The Morgan fingerprint density at radius 3 is 2.42 bits per heavy atom. The molecule has 3 amide bonds. The van der Waals surface area contributed by atoms with Crippen molar-refractivity contribution in [3.05, 3.63) is 65.7 Å². The number of carboxylic acid groups (broad SMARTS) is 1. The van der Waals surface area contributed by atoms with Gasteiger partial charge in [-0.25, -0.2) is 9.59 Å². The number of carbonyl (C=O) groups is 3. The molecule has 7 nitrogen and oxygen atoms in total. The lowest BCUT2D eigenvalue weighted by molar-refractivity contribution is -0.128. The van der Waals surface area contributed by atoms with Crippen LogP contribution in [0.4, 0.5) is 10.5 Å². The van der Waals surface area contributed by atoms with Crippen molar-refractivity contribution in [1.29, 1.82) is 0 Å². The molecule has 7 heteroatoms. The summed E-state index contributed by atoms with van der Waals surface area (Å²) in [5.41, 5.74) is 1.68. The molecule has 2 aromatic rings. The topological polar surface area (TPSA) is 98.7 Å². The summed E-state index contributed by atoms with van der Waals surface area (Å²) in [4.78, 5) is 36.8. The molecule has 1 aliphatic rings. The van der Waals surface area contributed by atoms with Crippen molar-refractivity contribution in [2.75, 3.05) is 11.9 Å². The molecule has 1 saturated heterocycles. The van der Waals surface area contributed by atoms with Gasteiger partial charge in [-0.15, -0.1) is 0 Å². The van der Waals surface area contributed by atoms with Crippen molar-refractivity contribution < 1.29 is 19.5 Å². The second kappa shape index (κ2) is 7.69. The Kier molecular flexibility index (Phi) is 5.17. The molecule has 0 aromatic heterocycles. The van der Waals surface area contributed by atoms with Gasteiger partial charge in [-0.05, 0) is 29.8 Å². The maximum Gasteiger partial charge on any atom is 0.335 e. The van der Waals surface area contributed by atoms with Crippen LogP contribution in [0.15, 0.2) is 54.6 Å². The van der Waals surface area contributed by atoms with Crippen molar-refractivity contribution in [1.82, 2.24) is 10.2 Å². The molecule has 1 unspecified atom stereocenters. The highest BCUT2D eigenvalue weighted by atomic mass is 16.4. The lowest BCUT2D eigenvalue weighted by atomic mass is 10.2. The first-order valence-electron chi connectivity index (χ1n) is 8.24. The summed E-state index contributed by atoms with van der Waals surface area (Å²) in [6.07, 6.45) is 0.262. The third-order valence-electron chi connectivity index (χ3n) is 4.16. The number of carbonyl (C=O) groups excluding carboxylic acids is 2. The van der Waals surface area contributed by atoms with Crippen LogP contribution in [0.3, 0.4) is 0 Å². The molecule has 0 bridgehead atoms. The Morgan fingerprint density at radius 1 is 1.08 bits per heavy atom. The molecule has 1 atom stereocenters. The number of hydrogen-bond acceptors (Lipinski definition) is 3. The highest BCUT2D eigenvalue weighted by Gasteiger charge is 2.30. The summed E-state index contributed by atoms with van der Waals surface area (Å²) in [5, 5.41) is 14.3. The number of aromatic carboxylic acids is 1. The quantitative estimate of drug-likeness (QED) is 0.768. The molecule has 2 aromatic carbocycles. The van der Waals surface area contributed by atoms with Crippen LogP contribution in [-0.2, 0) is 11.3 Å². The molecule has 1 aliphatic heterocycles. The number of carboxylic acids is 1. The van der Waals surface area contributed by atoms with E-state index < -0.39 is 12.0 Å². The normalized spacial score (nSPS) is 16.4. The van der Waals surface area contributed by atoms with Crippen LogP contribution in [0.5, 0.6) is 0 Å². The number of rotatable bonds is 5. The van der Waals surface area contributed by atoms with Crippen LogP contribution in [0.1, 0.15) is 22.3 Å². The SMILES string of the molecule is O=C(Nc1ccc(C(=O)O)cc1)NC1CC(=O)N(Cc2ccccc2)C1. The van der Waals surface area contributed by atoms with Crippen molar-refractivity contribution >= 4 is 23.6 Å². The molecule has 0 aliphatic carbocycles. The van der Waals surface area contributed by atoms with Crippen molar-refractivity contribution in [3.63, 3.8) is 0 Å².